The van der Waals surface area contributed by atoms with Gasteiger partial charge in [-0.2, -0.15) is 0 Å². The van der Waals surface area contributed by atoms with Crippen molar-refractivity contribution >= 4 is 18.2 Å². The molecule has 0 atom stereocenters. The Morgan fingerprint density at radius 2 is 1.60 bits per heavy atom. The van der Waals surface area contributed by atoms with E-state index in [1.165, 1.54) is 76.5 Å². The van der Waals surface area contributed by atoms with Crippen LogP contribution in [0.4, 0.5) is 0 Å². The number of amidine groups is 1. The fraction of sp³-hybridized carbons (Fsp3) is 0.938. The summed E-state index contributed by atoms with van der Waals surface area (Å²) in [4.78, 5) is 4.89. The van der Waals surface area contributed by atoms with Gasteiger partial charge in [-0.05, 0) is 25.7 Å². The van der Waals surface area contributed by atoms with E-state index in [0.717, 1.165) is 13.1 Å². The predicted octanol–water partition coefficient (Wildman–Crippen LogP) is 3.43. The number of nitrogens with zero attached hydrogens (tertiary/aromatic N) is 1. The summed E-state index contributed by atoms with van der Waals surface area (Å²) >= 11 is 0. The van der Waals surface area contributed by atoms with Crippen molar-refractivity contribution in [2.45, 2.75) is 82.2 Å². The lowest BCUT2D eigenvalue weighted by Crippen LogP contribution is -2.61. The van der Waals surface area contributed by atoms with E-state index in [1.54, 1.807) is 0 Å². The van der Waals surface area contributed by atoms with Gasteiger partial charge in [0, 0.05) is 12.6 Å². The highest BCUT2D eigenvalue weighted by molar-refractivity contribution is 5.92. The second kappa shape index (κ2) is 7.65. The van der Waals surface area contributed by atoms with Gasteiger partial charge in [-0.15, -0.1) is 12.4 Å². The van der Waals surface area contributed by atoms with Crippen LogP contribution < -0.4 is 10.6 Å². The molecule has 3 nitrogen and oxygen atoms in total. The van der Waals surface area contributed by atoms with E-state index in [9.17, 15) is 0 Å². The molecular weight excluding hydrogens is 270 g/mol. The maximum Gasteiger partial charge on any atom is 0.117 e. The van der Waals surface area contributed by atoms with Crippen molar-refractivity contribution < 1.29 is 0 Å². The van der Waals surface area contributed by atoms with E-state index >= 15 is 0 Å². The van der Waals surface area contributed by atoms with Crippen LogP contribution in [0.2, 0.25) is 0 Å². The van der Waals surface area contributed by atoms with E-state index in [0.29, 0.717) is 6.04 Å². The smallest absolute Gasteiger partial charge is 0.117 e. The molecule has 0 unspecified atom stereocenters. The van der Waals surface area contributed by atoms with Crippen LogP contribution in [0.25, 0.3) is 0 Å². The number of nitrogens with one attached hydrogen (secondary N) is 2. The molecule has 2 saturated carbocycles. The highest BCUT2D eigenvalue weighted by atomic mass is 35.5. The topological polar surface area (TPSA) is 36.4 Å². The first-order valence-corrected chi connectivity index (χ1v) is 8.46. The van der Waals surface area contributed by atoms with Crippen LogP contribution in [0.1, 0.15) is 70.6 Å². The summed E-state index contributed by atoms with van der Waals surface area (Å²) in [5, 5.41) is 7.65. The molecule has 0 bridgehead atoms. The van der Waals surface area contributed by atoms with Crippen molar-refractivity contribution in [3.05, 3.63) is 0 Å². The van der Waals surface area contributed by atoms with Gasteiger partial charge < -0.3 is 10.6 Å². The average Bonchev–Trinajstić information content (AvgIpc) is 2.69. The minimum atomic E-state index is 0. The normalized spacial score (nSPS) is 27.3. The molecule has 1 aliphatic heterocycles. The van der Waals surface area contributed by atoms with Crippen LogP contribution in [0.3, 0.4) is 0 Å². The van der Waals surface area contributed by atoms with E-state index in [-0.39, 0.29) is 17.9 Å². The van der Waals surface area contributed by atoms with Crippen molar-refractivity contribution in [1.29, 1.82) is 0 Å². The summed E-state index contributed by atoms with van der Waals surface area (Å²) in [6.07, 6.45) is 15.0. The third kappa shape index (κ3) is 3.67. The third-order valence-electron chi connectivity index (χ3n) is 5.20. The Bertz CT molecular complexity index is 316. The summed E-state index contributed by atoms with van der Waals surface area (Å²) in [7, 11) is 0. The molecule has 0 amide bonds. The third-order valence-corrected chi connectivity index (χ3v) is 5.20. The lowest BCUT2D eigenvalue weighted by atomic mass is 9.86. The zero-order chi connectivity index (χ0) is 13.0. The van der Waals surface area contributed by atoms with Gasteiger partial charge in [0.25, 0.3) is 0 Å². The molecule has 0 radical (unpaired) electrons. The van der Waals surface area contributed by atoms with Gasteiger partial charge in [0.1, 0.15) is 5.84 Å². The monoisotopic (exact) mass is 299 g/mol. The second-order valence-corrected chi connectivity index (χ2v) is 6.63. The minimum Gasteiger partial charge on any atom is -0.370 e. The summed E-state index contributed by atoms with van der Waals surface area (Å²) in [5.41, 5.74) is 0.201. The Hall–Kier alpha value is -0.280. The molecule has 20 heavy (non-hydrogen) atoms. The van der Waals surface area contributed by atoms with Crippen LogP contribution in [0, 0.1) is 0 Å². The molecule has 2 aliphatic carbocycles. The minimum absolute atomic E-state index is 0. The molecule has 116 valence electrons. The molecule has 3 aliphatic rings. The van der Waals surface area contributed by atoms with E-state index in [2.05, 4.69) is 10.6 Å². The largest absolute Gasteiger partial charge is 0.370 e. The second-order valence-electron chi connectivity index (χ2n) is 6.63. The van der Waals surface area contributed by atoms with E-state index < -0.39 is 0 Å². The van der Waals surface area contributed by atoms with Gasteiger partial charge in [-0.1, -0.05) is 44.9 Å². The van der Waals surface area contributed by atoms with Crippen LogP contribution in [-0.2, 0) is 0 Å². The van der Waals surface area contributed by atoms with Crippen LogP contribution in [0.15, 0.2) is 4.99 Å². The van der Waals surface area contributed by atoms with Crippen molar-refractivity contribution in [3.8, 4) is 0 Å². The lowest BCUT2D eigenvalue weighted by molar-refractivity contribution is 0.343. The molecule has 0 aromatic rings. The molecule has 2 fully saturated rings. The summed E-state index contributed by atoms with van der Waals surface area (Å²) in [5.74, 6) is 1.31. The van der Waals surface area contributed by atoms with Gasteiger partial charge >= 0.3 is 0 Å². The maximum atomic E-state index is 4.89. The molecule has 0 aromatic carbocycles. The summed E-state index contributed by atoms with van der Waals surface area (Å²) in [6.45, 7) is 2.02. The molecule has 3 rings (SSSR count). The quantitative estimate of drug-likeness (QED) is 0.778. The van der Waals surface area contributed by atoms with Crippen LogP contribution >= 0.6 is 12.4 Å². The maximum absolute atomic E-state index is 4.89. The molecule has 2 N–H and O–H groups in total. The van der Waals surface area contributed by atoms with Crippen molar-refractivity contribution in [3.63, 3.8) is 0 Å². The highest BCUT2D eigenvalue weighted by Gasteiger charge is 2.38. The Morgan fingerprint density at radius 3 is 2.30 bits per heavy atom. The average molecular weight is 300 g/mol. The predicted molar refractivity (Wildman–Crippen MR) is 88.0 cm³/mol. The van der Waals surface area contributed by atoms with Crippen molar-refractivity contribution in [2.24, 2.45) is 4.99 Å². The summed E-state index contributed by atoms with van der Waals surface area (Å²) in [6, 6.07) is 0.688. The van der Waals surface area contributed by atoms with Gasteiger partial charge in [-0.25, -0.2) is 0 Å². The van der Waals surface area contributed by atoms with Crippen molar-refractivity contribution in [1.82, 2.24) is 10.6 Å². The molecule has 0 saturated heterocycles. The van der Waals surface area contributed by atoms with E-state index in [1.807, 2.05) is 0 Å². The van der Waals surface area contributed by atoms with E-state index in [4.69, 9.17) is 4.99 Å². The Balaban J connectivity index is 0.00000147. The first-order valence-electron chi connectivity index (χ1n) is 8.46. The lowest BCUT2D eigenvalue weighted by Gasteiger charge is -2.40. The number of hydrogen-bond acceptors (Lipinski definition) is 3. The number of halogens is 1. The first kappa shape index (κ1) is 16.1. The molecule has 1 spiro atoms. The number of hydrogen-bond donors (Lipinski definition) is 2. The first-order chi connectivity index (χ1) is 9.39. The van der Waals surface area contributed by atoms with Crippen LogP contribution in [-0.4, -0.2) is 30.5 Å². The SMILES string of the molecule is C1CCC(NC2=NCCNC23CCCCCC3)CC1.Cl. The van der Waals surface area contributed by atoms with Gasteiger partial charge in [-0.3, -0.25) is 4.99 Å². The van der Waals surface area contributed by atoms with Gasteiger partial charge in [0.2, 0.25) is 0 Å². The molecule has 4 heteroatoms. The van der Waals surface area contributed by atoms with Crippen LogP contribution in [0.5, 0.6) is 0 Å². The zero-order valence-corrected chi connectivity index (χ0v) is 13.4. The highest BCUT2D eigenvalue weighted by Crippen LogP contribution is 2.30. The fourth-order valence-electron chi connectivity index (χ4n) is 4.07. The Kier molecular flexibility index (Phi) is 6.16. The fourth-order valence-corrected chi connectivity index (χ4v) is 4.07. The van der Waals surface area contributed by atoms with Gasteiger partial charge in [0.05, 0.1) is 12.1 Å². The summed E-state index contributed by atoms with van der Waals surface area (Å²) < 4.78 is 0. The number of aliphatic imine (C=N–C) groups is 1. The van der Waals surface area contributed by atoms with Gasteiger partial charge in [0.15, 0.2) is 0 Å². The Labute approximate surface area is 129 Å². The molecule has 0 aromatic heterocycles. The number of rotatable bonds is 1. The molecule has 1 heterocycles. The zero-order valence-electron chi connectivity index (χ0n) is 12.6. The molecular formula is C16H30ClN3. The standard InChI is InChI=1S/C16H29N3.ClH/c1-2-7-11-16(10-6-1)15(17-12-13-18-16)19-14-8-4-3-5-9-14;/h14,18H,1-13H2,(H,17,19);1H. The Morgan fingerprint density at radius 1 is 0.950 bits per heavy atom. The van der Waals surface area contributed by atoms with Crippen molar-refractivity contribution in [2.75, 3.05) is 13.1 Å².